The van der Waals surface area contributed by atoms with Gasteiger partial charge in [-0.05, 0) is 43.2 Å². The average Bonchev–Trinajstić information content (AvgIpc) is 3.39. The van der Waals surface area contributed by atoms with Crippen LogP contribution in [0.5, 0.6) is 0 Å². The van der Waals surface area contributed by atoms with Gasteiger partial charge in [0.2, 0.25) is 5.91 Å². The van der Waals surface area contributed by atoms with Gasteiger partial charge in [0.1, 0.15) is 10.3 Å². The van der Waals surface area contributed by atoms with Gasteiger partial charge in [0.25, 0.3) is 21.8 Å². The molecule has 2 aliphatic heterocycles. The highest BCUT2D eigenvalue weighted by Gasteiger charge is 2.40. The van der Waals surface area contributed by atoms with Crippen molar-refractivity contribution in [2.24, 2.45) is 0 Å². The first-order valence-electron chi connectivity index (χ1n) is 8.74. The summed E-state index contributed by atoms with van der Waals surface area (Å²) in [6, 6.07) is 6.50. The van der Waals surface area contributed by atoms with E-state index in [2.05, 4.69) is 5.32 Å². The molecule has 4 rings (SSSR count). The normalized spacial score (nSPS) is 19.7. The zero-order valence-corrected chi connectivity index (χ0v) is 17.6. The standard InChI is InChI=1S/C18H16ClN3O5S2/c1-21-17(24)11-5-4-10(9-12(11)18(21)25)20-16(23)13-3-2-8-22(13)29(26,27)15-7-6-14(19)28-15/h4-7,9,13H,2-3,8H2,1H3,(H,20,23)/t13-/m0/s1. The van der Waals surface area contributed by atoms with Crippen molar-refractivity contribution < 1.29 is 22.8 Å². The van der Waals surface area contributed by atoms with E-state index in [4.69, 9.17) is 11.6 Å². The lowest BCUT2D eigenvalue weighted by Crippen LogP contribution is -2.42. The zero-order chi connectivity index (χ0) is 20.9. The van der Waals surface area contributed by atoms with Crippen molar-refractivity contribution in [1.29, 1.82) is 0 Å². The molecular formula is C18H16ClN3O5S2. The van der Waals surface area contributed by atoms with Crippen molar-refractivity contribution in [2.45, 2.75) is 23.1 Å². The summed E-state index contributed by atoms with van der Waals surface area (Å²) in [5.41, 5.74) is 0.809. The maximum Gasteiger partial charge on any atom is 0.261 e. The van der Waals surface area contributed by atoms with Gasteiger partial charge in [-0.15, -0.1) is 11.3 Å². The summed E-state index contributed by atoms with van der Waals surface area (Å²) >= 11 is 6.80. The number of carbonyl (C=O) groups is 3. The van der Waals surface area contributed by atoms with Crippen molar-refractivity contribution in [3.05, 3.63) is 45.8 Å². The van der Waals surface area contributed by atoms with Crippen molar-refractivity contribution in [3.8, 4) is 0 Å². The molecule has 1 fully saturated rings. The zero-order valence-electron chi connectivity index (χ0n) is 15.2. The van der Waals surface area contributed by atoms with Gasteiger partial charge in [0, 0.05) is 19.3 Å². The number of nitrogens with zero attached hydrogens (tertiary/aromatic N) is 2. The smallest absolute Gasteiger partial charge is 0.261 e. The maximum atomic E-state index is 12.9. The number of nitrogens with one attached hydrogen (secondary N) is 1. The molecule has 29 heavy (non-hydrogen) atoms. The molecule has 0 aliphatic carbocycles. The van der Waals surface area contributed by atoms with E-state index in [0.29, 0.717) is 22.9 Å². The number of sulfonamides is 1. The first kappa shape index (κ1) is 20.0. The Morgan fingerprint density at radius 3 is 2.59 bits per heavy atom. The van der Waals surface area contributed by atoms with Crippen LogP contribution < -0.4 is 5.32 Å². The van der Waals surface area contributed by atoms with Gasteiger partial charge in [0.15, 0.2) is 0 Å². The van der Waals surface area contributed by atoms with Crippen LogP contribution >= 0.6 is 22.9 Å². The molecule has 1 N–H and O–H groups in total. The Hall–Kier alpha value is -2.27. The number of hydrogen-bond donors (Lipinski definition) is 1. The third-order valence-electron chi connectivity index (χ3n) is 4.98. The van der Waals surface area contributed by atoms with Crippen molar-refractivity contribution in [1.82, 2.24) is 9.21 Å². The van der Waals surface area contributed by atoms with Gasteiger partial charge >= 0.3 is 0 Å². The molecule has 2 aliphatic rings. The van der Waals surface area contributed by atoms with Crippen molar-refractivity contribution in [2.75, 3.05) is 18.9 Å². The third kappa shape index (κ3) is 3.35. The number of fused-ring (bicyclic) bond motifs is 1. The Labute approximate surface area is 176 Å². The molecule has 2 aromatic rings. The summed E-state index contributed by atoms with van der Waals surface area (Å²) in [5, 5.41) is 2.67. The van der Waals surface area contributed by atoms with Gasteiger partial charge in [-0.1, -0.05) is 11.6 Å². The Morgan fingerprint density at radius 2 is 1.90 bits per heavy atom. The van der Waals surface area contributed by atoms with E-state index in [1.165, 1.54) is 41.7 Å². The van der Waals surface area contributed by atoms with Gasteiger partial charge in [-0.3, -0.25) is 19.3 Å². The van der Waals surface area contributed by atoms with E-state index in [-0.39, 0.29) is 21.9 Å². The third-order valence-corrected chi connectivity index (χ3v) is 8.58. The molecule has 1 aromatic heterocycles. The second-order valence-corrected chi connectivity index (χ2v) is 10.6. The summed E-state index contributed by atoms with van der Waals surface area (Å²) in [7, 11) is -2.45. The quantitative estimate of drug-likeness (QED) is 0.716. The molecule has 1 atom stereocenters. The van der Waals surface area contributed by atoms with E-state index in [9.17, 15) is 22.8 Å². The lowest BCUT2D eigenvalue weighted by atomic mass is 10.1. The van der Waals surface area contributed by atoms with Gasteiger partial charge < -0.3 is 5.32 Å². The van der Waals surface area contributed by atoms with Crippen LogP contribution in [0.4, 0.5) is 5.69 Å². The number of amides is 3. The Morgan fingerprint density at radius 1 is 1.17 bits per heavy atom. The Balaban J connectivity index is 1.56. The number of imide groups is 1. The van der Waals surface area contributed by atoms with Crippen molar-refractivity contribution in [3.63, 3.8) is 0 Å². The SMILES string of the molecule is CN1C(=O)c2ccc(NC(=O)[C@@H]3CCCN3S(=O)(=O)c3ccc(Cl)s3)cc2C1=O. The van der Waals surface area contributed by atoms with E-state index in [0.717, 1.165) is 16.2 Å². The van der Waals surface area contributed by atoms with E-state index in [1.807, 2.05) is 0 Å². The highest BCUT2D eigenvalue weighted by atomic mass is 35.5. The lowest BCUT2D eigenvalue weighted by molar-refractivity contribution is -0.119. The number of halogens is 1. The molecular weight excluding hydrogens is 438 g/mol. The molecule has 0 saturated carbocycles. The highest BCUT2D eigenvalue weighted by Crippen LogP contribution is 2.33. The summed E-state index contributed by atoms with van der Waals surface area (Å²) < 4.78 is 27.4. The predicted molar refractivity (Wildman–Crippen MR) is 108 cm³/mol. The molecule has 1 saturated heterocycles. The van der Waals surface area contributed by atoms with Crippen LogP contribution in [-0.2, 0) is 14.8 Å². The van der Waals surface area contributed by atoms with Crippen LogP contribution in [0.2, 0.25) is 4.34 Å². The van der Waals surface area contributed by atoms with E-state index in [1.54, 1.807) is 0 Å². The lowest BCUT2D eigenvalue weighted by Gasteiger charge is -2.22. The van der Waals surface area contributed by atoms with Gasteiger partial charge in [-0.2, -0.15) is 4.31 Å². The van der Waals surface area contributed by atoms with E-state index >= 15 is 0 Å². The van der Waals surface area contributed by atoms with E-state index < -0.39 is 33.8 Å². The predicted octanol–water partition coefficient (Wildman–Crippen LogP) is 2.42. The second kappa shape index (κ2) is 7.21. The minimum absolute atomic E-state index is 0.0897. The fourth-order valence-corrected chi connectivity index (χ4v) is 6.77. The molecule has 3 heterocycles. The molecule has 0 bridgehead atoms. The number of hydrogen-bond acceptors (Lipinski definition) is 6. The molecule has 152 valence electrons. The number of benzene rings is 1. The molecule has 8 nitrogen and oxygen atoms in total. The van der Waals surface area contributed by atoms with Gasteiger partial charge in [-0.25, -0.2) is 8.42 Å². The summed E-state index contributed by atoms with van der Waals surface area (Å²) in [4.78, 5) is 37.9. The number of rotatable bonds is 4. The minimum atomic E-state index is -3.84. The number of thiophene rings is 1. The fraction of sp³-hybridized carbons (Fsp3) is 0.278. The molecule has 11 heteroatoms. The van der Waals surface area contributed by atoms with Crippen LogP contribution in [0.15, 0.2) is 34.5 Å². The monoisotopic (exact) mass is 453 g/mol. The maximum absolute atomic E-state index is 12.9. The first-order chi connectivity index (χ1) is 13.7. The van der Waals surface area contributed by atoms with Gasteiger partial charge in [0.05, 0.1) is 15.5 Å². The fourth-order valence-electron chi connectivity index (χ4n) is 3.51. The molecule has 0 unspecified atom stereocenters. The first-order valence-corrected chi connectivity index (χ1v) is 11.4. The number of anilines is 1. The molecule has 1 aromatic carbocycles. The van der Waals surface area contributed by atoms with Crippen LogP contribution in [0.25, 0.3) is 0 Å². The van der Waals surface area contributed by atoms with Crippen LogP contribution in [0.3, 0.4) is 0 Å². The van der Waals surface area contributed by atoms with Crippen molar-refractivity contribution >= 4 is 56.4 Å². The summed E-state index contributed by atoms with van der Waals surface area (Å²) in [5.74, 6) is -1.33. The van der Waals surface area contributed by atoms with Crippen LogP contribution in [-0.4, -0.2) is 55.0 Å². The summed E-state index contributed by atoms with van der Waals surface area (Å²) in [6.07, 6.45) is 0.938. The molecule has 0 spiro atoms. The average molecular weight is 454 g/mol. The molecule has 0 radical (unpaired) electrons. The van der Waals surface area contributed by atoms with Crippen LogP contribution in [0, 0.1) is 0 Å². The summed E-state index contributed by atoms with van der Waals surface area (Å²) in [6.45, 7) is 0.234. The topological polar surface area (TPSA) is 104 Å². The molecule has 3 amide bonds. The minimum Gasteiger partial charge on any atom is -0.325 e. The second-order valence-electron chi connectivity index (χ2n) is 6.75. The largest absolute Gasteiger partial charge is 0.325 e. The Bertz CT molecular complexity index is 1140. The highest BCUT2D eigenvalue weighted by molar-refractivity contribution is 7.91. The van der Waals surface area contributed by atoms with Crippen LogP contribution in [0.1, 0.15) is 33.6 Å². The Kier molecular flexibility index (Phi) is 4.97. The number of carbonyl (C=O) groups excluding carboxylic acids is 3.